The van der Waals surface area contributed by atoms with E-state index in [9.17, 15) is 9.18 Å². The van der Waals surface area contributed by atoms with Gasteiger partial charge in [0.25, 0.3) is 0 Å². The fourth-order valence-electron chi connectivity index (χ4n) is 1.88. The maximum atomic E-state index is 13.6. The molecule has 1 aromatic heterocycles. The van der Waals surface area contributed by atoms with E-state index in [0.29, 0.717) is 5.69 Å². The predicted molar refractivity (Wildman–Crippen MR) is 75.4 cm³/mol. The first-order valence-electron chi connectivity index (χ1n) is 6.06. The molecule has 1 heterocycles. The monoisotopic (exact) mass is 291 g/mol. The molecule has 0 spiro atoms. The van der Waals surface area contributed by atoms with Crippen molar-refractivity contribution in [3.63, 3.8) is 0 Å². The molecule has 2 aromatic rings. The van der Waals surface area contributed by atoms with Gasteiger partial charge in [-0.15, -0.1) is 0 Å². The van der Waals surface area contributed by atoms with Crippen molar-refractivity contribution in [3.05, 3.63) is 42.3 Å². The number of nitrogens with zero attached hydrogens (tertiary/aromatic N) is 2. The third kappa shape index (κ3) is 3.26. The number of benzene rings is 1. The Morgan fingerprint density at radius 3 is 2.76 bits per heavy atom. The topological polar surface area (TPSA) is 74.7 Å². The lowest BCUT2D eigenvalue weighted by molar-refractivity contribution is -0.115. The minimum Gasteiger partial charge on any atom is -0.497 e. The van der Waals surface area contributed by atoms with Gasteiger partial charge in [0.2, 0.25) is 5.91 Å². The Morgan fingerprint density at radius 2 is 2.14 bits per heavy atom. The summed E-state index contributed by atoms with van der Waals surface area (Å²) in [5.41, 5.74) is 2.61. The molecule has 0 saturated heterocycles. The summed E-state index contributed by atoms with van der Waals surface area (Å²) in [6.07, 6.45) is 1.42. The van der Waals surface area contributed by atoms with Gasteiger partial charge in [0.15, 0.2) is 0 Å². The number of pyridine rings is 1. The quantitative estimate of drug-likeness (QED) is 0.847. The number of ether oxygens (including phenoxy) is 1. The number of hydrogen-bond acceptors (Lipinski definition) is 5. The second-order valence-corrected chi connectivity index (χ2v) is 4.22. The lowest BCUT2D eigenvalue weighted by Gasteiger charge is -2.21. The van der Waals surface area contributed by atoms with Crippen LogP contribution in [0, 0.1) is 5.82 Å². The second-order valence-electron chi connectivity index (χ2n) is 4.22. The Labute approximate surface area is 120 Å². The number of anilines is 3. The van der Waals surface area contributed by atoms with Crippen molar-refractivity contribution in [3.8, 4) is 5.75 Å². The maximum Gasteiger partial charge on any atom is 0.229 e. The van der Waals surface area contributed by atoms with E-state index in [4.69, 9.17) is 9.94 Å². The number of hydrogen-bond donors (Lipinski definition) is 2. The molecule has 0 aliphatic heterocycles. The van der Waals surface area contributed by atoms with E-state index < -0.39 is 5.82 Å². The highest BCUT2D eigenvalue weighted by molar-refractivity contribution is 5.98. The zero-order chi connectivity index (χ0) is 15.4. The highest BCUT2D eigenvalue weighted by Gasteiger charge is 2.17. The number of aromatic nitrogens is 1. The molecule has 0 saturated carbocycles. The number of carbonyl (C=O) groups excluding carboxylic acids is 1. The van der Waals surface area contributed by atoms with Crippen molar-refractivity contribution < 1.29 is 19.1 Å². The van der Waals surface area contributed by atoms with Crippen molar-refractivity contribution in [1.82, 2.24) is 4.98 Å². The number of amides is 1. The van der Waals surface area contributed by atoms with Crippen molar-refractivity contribution in [2.45, 2.75) is 6.92 Å². The third-order valence-electron chi connectivity index (χ3n) is 2.77. The van der Waals surface area contributed by atoms with E-state index in [1.54, 1.807) is 0 Å². The maximum absolute atomic E-state index is 13.6. The van der Waals surface area contributed by atoms with Gasteiger partial charge in [-0.25, -0.2) is 9.37 Å². The first-order valence-corrected chi connectivity index (χ1v) is 6.06. The van der Waals surface area contributed by atoms with Crippen LogP contribution in [-0.2, 0) is 4.79 Å². The van der Waals surface area contributed by atoms with E-state index in [1.807, 2.05) is 5.48 Å². The molecule has 0 unspecified atom stereocenters. The molecule has 2 N–H and O–H groups in total. The first kappa shape index (κ1) is 14.7. The van der Waals surface area contributed by atoms with Crippen LogP contribution in [0.4, 0.5) is 21.6 Å². The summed E-state index contributed by atoms with van der Waals surface area (Å²) in [4.78, 5) is 17.2. The van der Waals surface area contributed by atoms with Crippen LogP contribution in [0.1, 0.15) is 6.92 Å². The molecule has 7 heteroatoms. The summed E-state index contributed by atoms with van der Waals surface area (Å²) in [7, 11) is 1.41. The molecular weight excluding hydrogens is 277 g/mol. The highest BCUT2D eigenvalue weighted by atomic mass is 19.1. The van der Waals surface area contributed by atoms with Crippen molar-refractivity contribution in [1.29, 1.82) is 0 Å². The Bertz CT molecular complexity index is 664. The zero-order valence-corrected chi connectivity index (χ0v) is 11.5. The Kier molecular flexibility index (Phi) is 4.34. The number of methoxy groups -OCH3 is 1. The molecule has 1 amide bonds. The standard InChI is InChI=1S/C14H14FN3O3/c1-9(19)18(14-7-11(17-20)3-4-16-14)12-5-10(15)6-13(8-12)21-2/h3-8,20H,1-2H3,(H,16,17). The van der Waals surface area contributed by atoms with Crippen LogP contribution in [0.2, 0.25) is 0 Å². The Hall–Kier alpha value is -2.67. The molecule has 6 nitrogen and oxygen atoms in total. The molecular formula is C14H14FN3O3. The molecule has 0 fully saturated rings. The number of halogens is 1. The van der Waals surface area contributed by atoms with Gasteiger partial charge in [0.1, 0.15) is 17.4 Å². The lowest BCUT2D eigenvalue weighted by Crippen LogP contribution is -2.24. The molecule has 1 aromatic carbocycles. The van der Waals surface area contributed by atoms with Crippen LogP contribution in [0.5, 0.6) is 5.75 Å². The van der Waals surface area contributed by atoms with Gasteiger partial charge in [-0.3, -0.25) is 20.4 Å². The number of rotatable bonds is 4. The van der Waals surface area contributed by atoms with Gasteiger partial charge < -0.3 is 4.74 Å². The SMILES string of the molecule is COc1cc(F)cc(N(C(C)=O)c2cc(NO)ccn2)c1. The van der Waals surface area contributed by atoms with Gasteiger partial charge in [0, 0.05) is 31.3 Å². The van der Waals surface area contributed by atoms with Crippen LogP contribution < -0.4 is 15.1 Å². The number of carbonyl (C=O) groups is 1. The molecule has 21 heavy (non-hydrogen) atoms. The van der Waals surface area contributed by atoms with Crippen LogP contribution in [0.3, 0.4) is 0 Å². The Morgan fingerprint density at radius 1 is 1.38 bits per heavy atom. The fourth-order valence-corrected chi connectivity index (χ4v) is 1.88. The minimum atomic E-state index is -0.535. The van der Waals surface area contributed by atoms with Gasteiger partial charge in [-0.1, -0.05) is 0 Å². The smallest absolute Gasteiger partial charge is 0.229 e. The summed E-state index contributed by atoms with van der Waals surface area (Å²) < 4.78 is 18.6. The van der Waals surface area contributed by atoms with Gasteiger partial charge in [0.05, 0.1) is 18.5 Å². The van der Waals surface area contributed by atoms with Crippen LogP contribution in [0.15, 0.2) is 36.5 Å². The average Bonchev–Trinajstić information content (AvgIpc) is 2.46. The summed E-state index contributed by atoms with van der Waals surface area (Å²) in [5, 5.41) is 8.92. The first-order chi connectivity index (χ1) is 10.0. The van der Waals surface area contributed by atoms with E-state index in [2.05, 4.69) is 4.98 Å². The normalized spacial score (nSPS) is 10.1. The van der Waals surface area contributed by atoms with Crippen molar-refractivity contribution >= 4 is 23.1 Å². The van der Waals surface area contributed by atoms with E-state index >= 15 is 0 Å². The molecule has 0 radical (unpaired) electrons. The summed E-state index contributed by atoms with van der Waals surface area (Å²) in [6, 6.07) is 6.91. The van der Waals surface area contributed by atoms with Crippen molar-refractivity contribution in [2.75, 3.05) is 17.5 Å². The summed E-state index contributed by atoms with van der Waals surface area (Å²) in [5.74, 6) is -0.362. The molecule has 0 atom stereocenters. The predicted octanol–water partition coefficient (Wildman–Crippen LogP) is 2.72. The molecule has 0 bridgehead atoms. The van der Waals surface area contributed by atoms with E-state index in [0.717, 1.165) is 0 Å². The largest absolute Gasteiger partial charge is 0.497 e. The van der Waals surface area contributed by atoms with Gasteiger partial charge >= 0.3 is 0 Å². The van der Waals surface area contributed by atoms with Crippen LogP contribution >= 0.6 is 0 Å². The van der Waals surface area contributed by atoms with E-state index in [1.165, 1.54) is 55.5 Å². The van der Waals surface area contributed by atoms with Crippen LogP contribution in [0.25, 0.3) is 0 Å². The van der Waals surface area contributed by atoms with E-state index in [-0.39, 0.29) is 23.2 Å². The Balaban J connectivity index is 2.53. The zero-order valence-electron chi connectivity index (χ0n) is 11.5. The summed E-state index contributed by atoms with van der Waals surface area (Å²) in [6.45, 7) is 1.33. The summed E-state index contributed by atoms with van der Waals surface area (Å²) >= 11 is 0. The van der Waals surface area contributed by atoms with Gasteiger partial charge in [-0.05, 0) is 12.1 Å². The second kappa shape index (κ2) is 6.19. The van der Waals surface area contributed by atoms with Gasteiger partial charge in [-0.2, -0.15) is 0 Å². The molecule has 0 aliphatic carbocycles. The molecule has 2 rings (SSSR count). The fraction of sp³-hybridized carbons (Fsp3) is 0.143. The molecule has 0 aliphatic rings. The third-order valence-corrected chi connectivity index (χ3v) is 2.77. The minimum absolute atomic E-state index is 0.245. The number of nitrogens with one attached hydrogen (secondary N) is 1. The highest BCUT2D eigenvalue weighted by Crippen LogP contribution is 2.29. The van der Waals surface area contributed by atoms with Crippen LogP contribution in [-0.4, -0.2) is 23.2 Å². The lowest BCUT2D eigenvalue weighted by atomic mass is 10.2. The van der Waals surface area contributed by atoms with Crippen molar-refractivity contribution in [2.24, 2.45) is 0 Å². The molecule has 110 valence electrons. The average molecular weight is 291 g/mol.